The molecule has 2 aromatic heterocycles. The maximum absolute atomic E-state index is 14.6. The zero-order valence-corrected chi connectivity index (χ0v) is 15.8. The number of hydrogen-bond acceptors (Lipinski definition) is 6. The maximum Gasteiger partial charge on any atom is 0.421 e. The van der Waals surface area contributed by atoms with Crippen LogP contribution in [-0.4, -0.2) is 57.0 Å². The standard InChI is InChI=1S/C17H23F4N7/c1-10(2)27-5-4-14(13(18)9-27)28-8-11(6-24-28)25-16-23-7-12(17(19,20)21)15(22-3)26-16/h6-8,10,13-14H,4-5,9H2,1-3H3,(H2,22,23,25,26)/t13-,14-/m1/s1. The van der Waals surface area contributed by atoms with Gasteiger partial charge in [-0.2, -0.15) is 23.3 Å². The van der Waals surface area contributed by atoms with Crippen LogP contribution in [0.3, 0.4) is 0 Å². The highest BCUT2D eigenvalue weighted by Gasteiger charge is 2.35. The third-order valence-electron chi connectivity index (χ3n) is 4.80. The Morgan fingerprint density at radius 3 is 2.61 bits per heavy atom. The van der Waals surface area contributed by atoms with E-state index in [1.807, 2.05) is 13.8 Å². The van der Waals surface area contributed by atoms with Crippen molar-refractivity contribution in [2.75, 3.05) is 30.8 Å². The average molecular weight is 401 g/mol. The van der Waals surface area contributed by atoms with Crippen molar-refractivity contribution in [3.8, 4) is 0 Å². The van der Waals surface area contributed by atoms with Crippen LogP contribution in [0, 0.1) is 0 Å². The Morgan fingerprint density at radius 1 is 1.25 bits per heavy atom. The molecule has 11 heteroatoms. The Balaban J connectivity index is 1.71. The van der Waals surface area contributed by atoms with E-state index in [2.05, 4.69) is 30.6 Å². The largest absolute Gasteiger partial charge is 0.421 e. The molecule has 0 unspecified atom stereocenters. The number of anilines is 3. The highest BCUT2D eigenvalue weighted by Crippen LogP contribution is 2.34. The van der Waals surface area contributed by atoms with E-state index in [1.165, 1.54) is 13.2 Å². The van der Waals surface area contributed by atoms with Gasteiger partial charge in [0.15, 0.2) is 0 Å². The summed E-state index contributed by atoms with van der Waals surface area (Å²) in [6, 6.07) is -0.0980. The highest BCUT2D eigenvalue weighted by molar-refractivity contribution is 5.55. The molecule has 0 amide bonds. The Bertz CT molecular complexity index is 805. The van der Waals surface area contributed by atoms with Crippen molar-refractivity contribution in [3.05, 3.63) is 24.2 Å². The third-order valence-corrected chi connectivity index (χ3v) is 4.80. The molecule has 1 saturated heterocycles. The van der Waals surface area contributed by atoms with Gasteiger partial charge in [0.1, 0.15) is 17.6 Å². The van der Waals surface area contributed by atoms with Crippen molar-refractivity contribution in [1.82, 2.24) is 24.6 Å². The summed E-state index contributed by atoms with van der Waals surface area (Å²) in [7, 11) is 1.35. The molecule has 2 aromatic rings. The van der Waals surface area contributed by atoms with E-state index in [4.69, 9.17) is 0 Å². The monoisotopic (exact) mass is 401 g/mol. The van der Waals surface area contributed by atoms with Crippen LogP contribution < -0.4 is 10.6 Å². The zero-order valence-electron chi connectivity index (χ0n) is 15.8. The second kappa shape index (κ2) is 7.90. The van der Waals surface area contributed by atoms with Crippen molar-refractivity contribution in [3.63, 3.8) is 0 Å². The molecule has 2 N–H and O–H groups in total. The normalized spacial score (nSPS) is 21.1. The number of halogens is 4. The molecular formula is C17H23F4N7. The zero-order chi connectivity index (χ0) is 20.5. The van der Waals surface area contributed by atoms with E-state index in [0.717, 1.165) is 6.54 Å². The second-order valence-corrected chi connectivity index (χ2v) is 7.00. The lowest BCUT2D eigenvalue weighted by Crippen LogP contribution is -2.45. The van der Waals surface area contributed by atoms with Gasteiger partial charge in [-0.3, -0.25) is 9.58 Å². The summed E-state index contributed by atoms with van der Waals surface area (Å²) in [6.45, 7) is 5.19. The number of hydrogen-bond donors (Lipinski definition) is 2. The molecule has 3 rings (SSSR count). The molecule has 1 aliphatic heterocycles. The number of likely N-dealkylation sites (tertiary alicyclic amines) is 1. The average Bonchev–Trinajstić information content (AvgIpc) is 3.08. The maximum atomic E-state index is 14.6. The molecule has 154 valence electrons. The molecule has 0 saturated carbocycles. The minimum atomic E-state index is -4.55. The van der Waals surface area contributed by atoms with E-state index in [-0.39, 0.29) is 23.8 Å². The quantitative estimate of drug-likeness (QED) is 0.748. The van der Waals surface area contributed by atoms with Crippen LogP contribution in [-0.2, 0) is 6.18 Å². The number of alkyl halides is 4. The lowest BCUT2D eigenvalue weighted by molar-refractivity contribution is -0.137. The lowest BCUT2D eigenvalue weighted by Gasteiger charge is -2.36. The van der Waals surface area contributed by atoms with Crippen molar-refractivity contribution in [2.45, 2.75) is 44.7 Å². The van der Waals surface area contributed by atoms with Crippen LogP contribution in [0.25, 0.3) is 0 Å². The van der Waals surface area contributed by atoms with Crippen LogP contribution in [0.5, 0.6) is 0 Å². The molecule has 3 heterocycles. The molecule has 0 aromatic carbocycles. The van der Waals surface area contributed by atoms with Gasteiger partial charge in [-0.05, 0) is 20.3 Å². The first-order valence-corrected chi connectivity index (χ1v) is 9.00. The van der Waals surface area contributed by atoms with Crippen LogP contribution in [0.4, 0.5) is 35.0 Å². The fourth-order valence-corrected chi connectivity index (χ4v) is 3.24. The van der Waals surface area contributed by atoms with Crippen molar-refractivity contribution in [2.24, 2.45) is 0 Å². The van der Waals surface area contributed by atoms with Gasteiger partial charge in [-0.1, -0.05) is 0 Å². The van der Waals surface area contributed by atoms with E-state index >= 15 is 0 Å². The number of nitrogens with one attached hydrogen (secondary N) is 2. The molecule has 0 radical (unpaired) electrons. The lowest BCUT2D eigenvalue weighted by atomic mass is 10.0. The van der Waals surface area contributed by atoms with E-state index < -0.39 is 17.9 Å². The molecule has 1 fully saturated rings. The summed E-state index contributed by atoms with van der Waals surface area (Å²) in [5.41, 5.74) is -0.478. The Hall–Kier alpha value is -2.43. The van der Waals surface area contributed by atoms with Gasteiger partial charge >= 0.3 is 6.18 Å². The van der Waals surface area contributed by atoms with Gasteiger partial charge < -0.3 is 10.6 Å². The summed E-state index contributed by atoms with van der Waals surface area (Å²) in [4.78, 5) is 9.65. The molecule has 0 aliphatic carbocycles. The van der Waals surface area contributed by atoms with Crippen LogP contribution >= 0.6 is 0 Å². The topological polar surface area (TPSA) is 70.9 Å². The van der Waals surface area contributed by atoms with Crippen molar-refractivity contribution in [1.29, 1.82) is 0 Å². The van der Waals surface area contributed by atoms with E-state index in [1.54, 1.807) is 10.9 Å². The first kappa shape index (κ1) is 20.3. The molecular weight excluding hydrogens is 378 g/mol. The van der Waals surface area contributed by atoms with Gasteiger partial charge in [-0.15, -0.1) is 0 Å². The van der Waals surface area contributed by atoms with Gasteiger partial charge in [-0.25, -0.2) is 9.37 Å². The van der Waals surface area contributed by atoms with Crippen molar-refractivity contribution < 1.29 is 17.6 Å². The second-order valence-electron chi connectivity index (χ2n) is 7.00. The Morgan fingerprint density at radius 2 is 2.00 bits per heavy atom. The van der Waals surface area contributed by atoms with Crippen molar-refractivity contribution >= 4 is 17.5 Å². The minimum Gasteiger partial charge on any atom is -0.372 e. The van der Waals surface area contributed by atoms with Gasteiger partial charge in [0, 0.05) is 38.6 Å². The van der Waals surface area contributed by atoms with Crippen LogP contribution in [0.2, 0.25) is 0 Å². The van der Waals surface area contributed by atoms with E-state index in [0.29, 0.717) is 24.8 Å². The van der Waals surface area contributed by atoms with Gasteiger partial charge in [0.2, 0.25) is 5.95 Å². The SMILES string of the molecule is CNc1nc(Nc2cnn([C@@H]3CCN(C(C)C)C[C@H]3F)c2)ncc1C(F)(F)F. The fourth-order valence-electron chi connectivity index (χ4n) is 3.24. The van der Waals surface area contributed by atoms with Crippen LogP contribution in [0.1, 0.15) is 31.9 Å². The molecule has 2 atom stereocenters. The number of piperidine rings is 1. The molecule has 28 heavy (non-hydrogen) atoms. The minimum absolute atomic E-state index is 0.0108. The first-order valence-electron chi connectivity index (χ1n) is 9.00. The third kappa shape index (κ3) is 4.34. The fraction of sp³-hybridized carbons (Fsp3) is 0.588. The summed E-state index contributed by atoms with van der Waals surface area (Å²) < 4.78 is 54.9. The summed E-state index contributed by atoms with van der Waals surface area (Å²) in [5, 5.41) is 9.43. The number of rotatable bonds is 5. The predicted octanol–water partition coefficient (Wildman–Crippen LogP) is 3.47. The van der Waals surface area contributed by atoms with Gasteiger partial charge in [0.25, 0.3) is 0 Å². The summed E-state index contributed by atoms with van der Waals surface area (Å²) >= 11 is 0. The first-order chi connectivity index (χ1) is 13.2. The molecule has 0 bridgehead atoms. The highest BCUT2D eigenvalue weighted by atomic mass is 19.4. The Kier molecular flexibility index (Phi) is 5.73. The van der Waals surface area contributed by atoms with Crippen LogP contribution in [0.15, 0.2) is 18.6 Å². The predicted molar refractivity (Wildman–Crippen MR) is 97.3 cm³/mol. The van der Waals surface area contributed by atoms with E-state index in [9.17, 15) is 17.6 Å². The smallest absolute Gasteiger partial charge is 0.372 e. The molecule has 0 spiro atoms. The van der Waals surface area contributed by atoms with Gasteiger partial charge in [0.05, 0.1) is 17.9 Å². The Labute approximate surface area is 160 Å². The molecule has 1 aliphatic rings. The molecule has 7 nitrogen and oxygen atoms in total. The summed E-state index contributed by atoms with van der Waals surface area (Å²) in [5.74, 6) is -0.342. The number of nitrogens with zero attached hydrogens (tertiary/aromatic N) is 5. The number of aromatic nitrogens is 4. The summed E-state index contributed by atoms with van der Waals surface area (Å²) in [6.07, 6.45) is -1.18.